The monoisotopic (exact) mass is 305 g/mol. The number of ether oxygens (including phenoxy) is 1. The van der Waals surface area contributed by atoms with Gasteiger partial charge < -0.3 is 20.3 Å². The van der Waals surface area contributed by atoms with Gasteiger partial charge in [0.15, 0.2) is 0 Å². The molecular formula is C16H23N3O3. The number of nitrogens with zero attached hydrogens (tertiary/aromatic N) is 1. The van der Waals surface area contributed by atoms with Crippen LogP contribution in [0.25, 0.3) is 0 Å². The number of carbonyl (C=O) groups excluding carboxylic acids is 2. The van der Waals surface area contributed by atoms with Gasteiger partial charge in [-0.25, -0.2) is 4.79 Å². The molecule has 3 amide bonds. The van der Waals surface area contributed by atoms with Crippen LogP contribution in [0.5, 0.6) is 5.75 Å². The lowest BCUT2D eigenvalue weighted by molar-refractivity contribution is -0.125. The van der Waals surface area contributed by atoms with E-state index in [4.69, 9.17) is 4.74 Å². The molecule has 1 aromatic rings. The topological polar surface area (TPSA) is 70.7 Å². The van der Waals surface area contributed by atoms with Crippen LogP contribution in [0.3, 0.4) is 0 Å². The Kier molecular flexibility index (Phi) is 5.63. The van der Waals surface area contributed by atoms with Crippen LogP contribution in [0.4, 0.5) is 4.79 Å². The van der Waals surface area contributed by atoms with Crippen molar-refractivity contribution in [1.29, 1.82) is 0 Å². The predicted molar refractivity (Wildman–Crippen MR) is 83.6 cm³/mol. The van der Waals surface area contributed by atoms with E-state index in [9.17, 15) is 9.59 Å². The van der Waals surface area contributed by atoms with Gasteiger partial charge in [-0.3, -0.25) is 4.79 Å². The normalized spacial score (nSPS) is 15.3. The Morgan fingerprint density at radius 2 is 1.95 bits per heavy atom. The van der Waals surface area contributed by atoms with Gasteiger partial charge in [0.2, 0.25) is 5.91 Å². The van der Waals surface area contributed by atoms with Crippen molar-refractivity contribution >= 4 is 11.9 Å². The molecule has 1 aliphatic heterocycles. The lowest BCUT2D eigenvalue weighted by Gasteiger charge is -2.31. The predicted octanol–water partition coefficient (Wildman–Crippen LogP) is 1.36. The second-order valence-corrected chi connectivity index (χ2v) is 5.35. The molecule has 0 spiro atoms. The van der Waals surface area contributed by atoms with E-state index in [1.165, 1.54) is 0 Å². The molecule has 0 bridgehead atoms. The molecule has 6 heteroatoms. The summed E-state index contributed by atoms with van der Waals surface area (Å²) in [5, 5.41) is 5.57. The minimum Gasteiger partial charge on any atom is -0.496 e. The highest BCUT2D eigenvalue weighted by Crippen LogP contribution is 2.19. The van der Waals surface area contributed by atoms with Crippen LogP contribution in [0.15, 0.2) is 24.3 Å². The highest BCUT2D eigenvalue weighted by atomic mass is 16.5. The Bertz CT molecular complexity index is 525. The van der Waals surface area contributed by atoms with Gasteiger partial charge in [-0.2, -0.15) is 0 Å². The zero-order valence-electron chi connectivity index (χ0n) is 13.1. The van der Waals surface area contributed by atoms with E-state index in [0.29, 0.717) is 32.5 Å². The molecule has 120 valence electrons. The summed E-state index contributed by atoms with van der Waals surface area (Å²) >= 11 is 0. The fourth-order valence-electron chi connectivity index (χ4n) is 2.68. The highest BCUT2D eigenvalue weighted by Gasteiger charge is 2.26. The number of nitrogens with one attached hydrogen (secondary N) is 2. The number of carbonyl (C=O) groups is 2. The number of urea groups is 1. The van der Waals surface area contributed by atoms with Gasteiger partial charge in [-0.15, -0.1) is 0 Å². The number of methoxy groups -OCH3 is 1. The van der Waals surface area contributed by atoms with Gasteiger partial charge >= 0.3 is 6.03 Å². The van der Waals surface area contributed by atoms with Crippen LogP contribution in [-0.2, 0) is 11.3 Å². The molecule has 1 heterocycles. The number of rotatable bonds is 4. The number of benzene rings is 1. The van der Waals surface area contributed by atoms with Crippen molar-refractivity contribution in [2.75, 3.05) is 27.2 Å². The largest absolute Gasteiger partial charge is 0.496 e. The number of piperidine rings is 1. The average molecular weight is 305 g/mol. The van der Waals surface area contributed by atoms with Crippen molar-refractivity contribution in [2.24, 2.45) is 5.92 Å². The summed E-state index contributed by atoms with van der Waals surface area (Å²) in [7, 11) is 3.26. The third-order valence-corrected chi connectivity index (χ3v) is 4.02. The summed E-state index contributed by atoms with van der Waals surface area (Å²) in [4.78, 5) is 25.5. The van der Waals surface area contributed by atoms with Crippen LogP contribution >= 0.6 is 0 Å². The second-order valence-electron chi connectivity index (χ2n) is 5.35. The van der Waals surface area contributed by atoms with E-state index in [-0.39, 0.29) is 17.9 Å². The zero-order chi connectivity index (χ0) is 15.9. The number of hydrogen-bond donors (Lipinski definition) is 2. The van der Waals surface area contributed by atoms with E-state index in [1.807, 2.05) is 24.3 Å². The second kappa shape index (κ2) is 7.68. The summed E-state index contributed by atoms with van der Waals surface area (Å²) in [5.74, 6) is 0.846. The summed E-state index contributed by atoms with van der Waals surface area (Å²) < 4.78 is 5.27. The van der Waals surface area contributed by atoms with Crippen molar-refractivity contribution in [2.45, 2.75) is 19.4 Å². The highest BCUT2D eigenvalue weighted by molar-refractivity contribution is 5.79. The SMILES string of the molecule is CNC(=O)C1CCN(C(=O)NCc2ccccc2OC)CC1. The first-order valence-electron chi connectivity index (χ1n) is 7.52. The van der Waals surface area contributed by atoms with Gasteiger partial charge in [0, 0.05) is 38.2 Å². The van der Waals surface area contributed by atoms with Crippen LogP contribution in [0, 0.1) is 5.92 Å². The summed E-state index contributed by atoms with van der Waals surface area (Å²) in [6, 6.07) is 7.51. The van der Waals surface area contributed by atoms with E-state index in [2.05, 4.69) is 10.6 Å². The Labute approximate surface area is 130 Å². The number of hydrogen-bond acceptors (Lipinski definition) is 3. The minimum absolute atomic E-state index is 0.0169. The van der Waals surface area contributed by atoms with Gasteiger partial charge in [0.1, 0.15) is 5.75 Å². The van der Waals surface area contributed by atoms with Crippen molar-refractivity contribution in [1.82, 2.24) is 15.5 Å². The minimum atomic E-state index is -0.0961. The fourth-order valence-corrected chi connectivity index (χ4v) is 2.68. The maximum Gasteiger partial charge on any atom is 0.317 e. The van der Waals surface area contributed by atoms with Gasteiger partial charge in [-0.05, 0) is 18.9 Å². The molecular weight excluding hydrogens is 282 g/mol. The number of para-hydroxylation sites is 1. The molecule has 0 saturated carbocycles. The van der Waals surface area contributed by atoms with Crippen LogP contribution in [0.2, 0.25) is 0 Å². The van der Waals surface area contributed by atoms with Gasteiger partial charge in [0.25, 0.3) is 0 Å². The first-order chi connectivity index (χ1) is 10.7. The third-order valence-electron chi connectivity index (χ3n) is 4.02. The molecule has 2 N–H and O–H groups in total. The Morgan fingerprint density at radius 1 is 1.27 bits per heavy atom. The molecule has 1 saturated heterocycles. The summed E-state index contributed by atoms with van der Waals surface area (Å²) in [5.41, 5.74) is 0.943. The Balaban J connectivity index is 1.82. The van der Waals surface area contributed by atoms with Crippen LogP contribution in [-0.4, -0.2) is 44.1 Å². The molecule has 0 aromatic heterocycles. The van der Waals surface area contributed by atoms with Crippen LogP contribution in [0.1, 0.15) is 18.4 Å². The molecule has 1 fully saturated rings. The van der Waals surface area contributed by atoms with E-state index < -0.39 is 0 Å². The summed E-state index contributed by atoms with van der Waals surface area (Å²) in [6.07, 6.45) is 1.42. The Morgan fingerprint density at radius 3 is 2.59 bits per heavy atom. The van der Waals surface area contributed by atoms with Gasteiger partial charge in [-0.1, -0.05) is 18.2 Å². The first-order valence-corrected chi connectivity index (χ1v) is 7.52. The van der Waals surface area contributed by atoms with Crippen LogP contribution < -0.4 is 15.4 Å². The maximum atomic E-state index is 12.2. The lowest BCUT2D eigenvalue weighted by atomic mass is 9.96. The molecule has 22 heavy (non-hydrogen) atoms. The van der Waals surface area contributed by atoms with Gasteiger partial charge in [0.05, 0.1) is 7.11 Å². The van der Waals surface area contributed by atoms with Crippen molar-refractivity contribution in [3.63, 3.8) is 0 Å². The molecule has 0 radical (unpaired) electrons. The quantitative estimate of drug-likeness (QED) is 0.882. The Hall–Kier alpha value is -2.24. The average Bonchev–Trinajstić information content (AvgIpc) is 2.59. The molecule has 1 aliphatic rings. The first kappa shape index (κ1) is 16.1. The molecule has 1 aromatic carbocycles. The summed E-state index contributed by atoms with van der Waals surface area (Å²) in [6.45, 7) is 1.64. The third kappa shape index (κ3) is 3.90. The zero-order valence-corrected chi connectivity index (χ0v) is 13.1. The fraction of sp³-hybridized carbons (Fsp3) is 0.500. The number of likely N-dealkylation sites (tertiary alicyclic amines) is 1. The van der Waals surface area contributed by atoms with E-state index in [1.54, 1.807) is 19.1 Å². The molecule has 2 rings (SSSR count). The number of amides is 3. The van der Waals surface area contributed by atoms with Crippen molar-refractivity contribution in [3.8, 4) is 5.75 Å². The molecule has 0 aliphatic carbocycles. The smallest absolute Gasteiger partial charge is 0.317 e. The standard InChI is InChI=1S/C16H23N3O3/c1-17-15(20)12-7-9-19(10-8-12)16(21)18-11-13-5-3-4-6-14(13)22-2/h3-6,12H,7-11H2,1-2H3,(H,17,20)(H,18,21). The molecule has 6 nitrogen and oxygen atoms in total. The maximum absolute atomic E-state index is 12.2. The molecule has 0 atom stereocenters. The van der Waals surface area contributed by atoms with E-state index in [0.717, 1.165) is 11.3 Å². The lowest BCUT2D eigenvalue weighted by Crippen LogP contribution is -2.46. The molecule has 0 unspecified atom stereocenters. The van der Waals surface area contributed by atoms with E-state index >= 15 is 0 Å². The van der Waals surface area contributed by atoms with Crippen molar-refractivity contribution < 1.29 is 14.3 Å². The van der Waals surface area contributed by atoms with Crippen molar-refractivity contribution in [3.05, 3.63) is 29.8 Å².